The highest BCUT2D eigenvalue weighted by atomic mass is 35.5. The quantitative estimate of drug-likeness (QED) is 0.578. The molecule has 26 heavy (non-hydrogen) atoms. The average molecular weight is 390 g/mol. The number of carbonyl (C=O) groups excluding carboxylic acids is 1. The number of hydrogen-bond acceptors (Lipinski definition) is 3. The summed E-state index contributed by atoms with van der Waals surface area (Å²) in [7, 11) is 0. The second-order valence-corrected chi connectivity index (χ2v) is 6.73. The van der Waals surface area contributed by atoms with Crippen molar-refractivity contribution in [1.29, 1.82) is 0 Å². The van der Waals surface area contributed by atoms with Crippen molar-refractivity contribution in [2.75, 3.05) is 5.32 Å². The van der Waals surface area contributed by atoms with E-state index in [0.29, 0.717) is 21.6 Å². The molecule has 0 fully saturated rings. The lowest BCUT2D eigenvalue weighted by atomic mass is 10.1. The molecule has 1 amide bonds. The van der Waals surface area contributed by atoms with E-state index in [0.717, 1.165) is 11.3 Å². The van der Waals surface area contributed by atoms with Gasteiger partial charge in [0.05, 0.1) is 5.02 Å². The molecular formula is C20H17Cl2NO3. The van der Waals surface area contributed by atoms with Gasteiger partial charge in [-0.25, -0.2) is 0 Å². The molecule has 6 heteroatoms. The number of amides is 1. The van der Waals surface area contributed by atoms with Gasteiger partial charge in [0, 0.05) is 10.7 Å². The summed E-state index contributed by atoms with van der Waals surface area (Å²) < 4.78 is 11.2. The first-order valence-corrected chi connectivity index (χ1v) is 8.73. The van der Waals surface area contributed by atoms with Gasteiger partial charge in [-0.3, -0.25) is 4.79 Å². The number of anilines is 1. The Balaban J connectivity index is 1.63. The van der Waals surface area contributed by atoms with Gasteiger partial charge in [0.25, 0.3) is 5.91 Å². The van der Waals surface area contributed by atoms with E-state index in [2.05, 4.69) is 5.32 Å². The maximum atomic E-state index is 12.3. The van der Waals surface area contributed by atoms with Gasteiger partial charge in [-0.05, 0) is 67.4 Å². The lowest BCUT2D eigenvalue weighted by Gasteiger charge is -2.07. The van der Waals surface area contributed by atoms with Crippen molar-refractivity contribution in [3.05, 3.63) is 81.2 Å². The molecule has 0 unspecified atom stereocenters. The van der Waals surface area contributed by atoms with E-state index in [9.17, 15) is 4.79 Å². The number of nitrogens with one attached hydrogen (secondary N) is 1. The van der Waals surface area contributed by atoms with Crippen molar-refractivity contribution in [3.63, 3.8) is 0 Å². The highest BCUT2D eigenvalue weighted by Gasteiger charge is 2.13. The fourth-order valence-corrected chi connectivity index (χ4v) is 2.79. The van der Waals surface area contributed by atoms with Crippen molar-refractivity contribution in [2.45, 2.75) is 20.5 Å². The summed E-state index contributed by atoms with van der Waals surface area (Å²) >= 11 is 11.9. The lowest BCUT2D eigenvalue weighted by molar-refractivity contribution is 0.0992. The topological polar surface area (TPSA) is 51.5 Å². The Morgan fingerprint density at radius 2 is 1.85 bits per heavy atom. The molecule has 1 aromatic heterocycles. The van der Waals surface area contributed by atoms with Crippen LogP contribution in [0.3, 0.4) is 0 Å². The summed E-state index contributed by atoms with van der Waals surface area (Å²) in [5, 5.41) is 3.77. The molecule has 1 heterocycles. The Bertz CT molecular complexity index is 950. The van der Waals surface area contributed by atoms with E-state index in [1.54, 1.807) is 30.3 Å². The zero-order valence-electron chi connectivity index (χ0n) is 14.3. The largest absolute Gasteiger partial charge is 0.484 e. The first-order chi connectivity index (χ1) is 12.4. The van der Waals surface area contributed by atoms with Crippen LogP contribution < -0.4 is 10.1 Å². The number of halogens is 2. The number of ether oxygens (including phenoxy) is 1. The Labute approximate surface area is 161 Å². The molecule has 3 rings (SSSR count). The summed E-state index contributed by atoms with van der Waals surface area (Å²) in [4.78, 5) is 12.3. The predicted molar refractivity (Wildman–Crippen MR) is 103 cm³/mol. The molecule has 0 atom stereocenters. The van der Waals surface area contributed by atoms with Crippen molar-refractivity contribution in [1.82, 2.24) is 0 Å². The summed E-state index contributed by atoms with van der Waals surface area (Å²) in [5.41, 5.74) is 3.00. The summed E-state index contributed by atoms with van der Waals surface area (Å²) in [6.45, 7) is 4.17. The van der Waals surface area contributed by atoms with E-state index in [-0.39, 0.29) is 18.3 Å². The number of rotatable bonds is 5. The fourth-order valence-electron chi connectivity index (χ4n) is 2.33. The normalized spacial score (nSPS) is 10.6. The minimum absolute atomic E-state index is 0.151. The van der Waals surface area contributed by atoms with Gasteiger partial charge in [0.15, 0.2) is 5.76 Å². The van der Waals surface area contributed by atoms with Crippen LogP contribution in [0.1, 0.15) is 27.4 Å². The van der Waals surface area contributed by atoms with Crippen molar-refractivity contribution < 1.29 is 13.9 Å². The van der Waals surface area contributed by atoms with Gasteiger partial charge >= 0.3 is 0 Å². The van der Waals surface area contributed by atoms with Crippen LogP contribution in [-0.2, 0) is 6.61 Å². The van der Waals surface area contributed by atoms with Gasteiger partial charge < -0.3 is 14.5 Å². The molecule has 2 aromatic carbocycles. The SMILES string of the molecule is Cc1ccc(NC(=O)c2ccc(COc3ccc(Cl)cc3Cl)o2)cc1C. The third kappa shape index (κ3) is 4.40. The maximum absolute atomic E-state index is 12.3. The lowest BCUT2D eigenvalue weighted by Crippen LogP contribution is -2.11. The van der Waals surface area contributed by atoms with Crippen LogP contribution >= 0.6 is 23.2 Å². The van der Waals surface area contributed by atoms with Gasteiger partial charge in [-0.2, -0.15) is 0 Å². The Hall–Kier alpha value is -2.43. The molecule has 0 radical (unpaired) electrons. The molecule has 0 saturated heterocycles. The molecule has 134 valence electrons. The second kappa shape index (κ2) is 7.85. The molecule has 0 saturated carbocycles. The Morgan fingerprint density at radius 3 is 2.58 bits per heavy atom. The van der Waals surface area contributed by atoms with Crippen LogP contribution in [0.4, 0.5) is 5.69 Å². The molecular weight excluding hydrogens is 373 g/mol. The maximum Gasteiger partial charge on any atom is 0.291 e. The summed E-state index contributed by atoms with van der Waals surface area (Å²) in [6.07, 6.45) is 0. The monoisotopic (exact) mass is 389 g/mol. The number of hydrogen-bond donors (Lipinski definition) is 1. The first-order valence-electron chi connectivity index (χ1n) is 7.97. The number of carbonyl (C=O) groups is 1. The Kier molecular flexibility index (Phi) is 5.55. The molecule has 3 aromatic rings. The minimum Gasteiger partial charge on any atom is -0.484 e. The van der Waals surface area contributed by atoms with Crippen LogP contribution in [0.5, 0.6) is 5.75 Å². The van der Waals surface area contributed by atoms with Gasteiger partial charge in [0.1, 0.15) is 18.1 Å². The third-order valence-electron chi connectivity index (χ3n) is 3.91. The second-order valence-electron chi connectivity index (χ2n) is 5.88. The van der Waals surface area contributed by atoms with E-state index >= 15 is 0 Å². The van der Waals surface area contributed by atoms with Crippen LogP contribution in [0.25, 0.3) is 0 Å². The van der Waals surface area contributed by atoms with Gasteiger partial charge in [-0.15, -0.1) is 0 Å². The summed E-state index contributed by atoms with van der Waals surface area (Å²) in [6, 6.07) is 14.0. The predicted octanol–water partition coefficient (Wildman–Crippen LogP) is 6.03. The smallest absolute Gasteiger partial charge is 0.291 e. The highest BCUT2D eigenvalue weighted by molar-refractivity contribution is 6.35. The zero-order chi connectivity index (χ0) is 18.7. The van der Waals surface area contributed by atoms with E-state index < -0.39 is 0 Å². The average Bonchev–Trinajstić information content (AvgIpc) is 3.06. The van der Waals surface area contributed by atoms with Crippen LogP contribution in [0.15, 0.2) is 52.9 Å². The standard InChI is InChI=1S/C20H17Cl2NO3/c1-12-3-5-15(9-13(12)2)23-20(24)19-8-6-16(26-19)11-25-18-7-4-14(21)10-17(18)22/h3-10H,11H2,1-2H3,(H,23,24). The molecule has 0 spiro atoms. The van der Waals surface area contributed by atoms with Crippen molar-refractivity contribution in [3.8, 4) is 5.75 Å². The minimum atomic E-state index is -0.316. The molecule has 0 bridgehead atoms. The molecule has 0 aliphatic heterocycles. The van der Waals surface area contributed by atoms with E-state index in [1.165, 1.54) is 5.56 Å². The van der Waals surface area contributed by atoms with Crippen molar-refractivity contribution >= 4 is 34.8 Å². The van der Waals surface area contributed by atoms with Crippen LogP contribution in [-0.4, -0.2) is 5.91 Å². The number of aryl methyl sites for hydroxylation is 2. The highest BCUT2D eigenvalue weighted by Crippen LogP contribution is 2.28. The fraction of sp³-hybridized carbons (Fsp3) is 0.150. The number of furan rings is 1. The first kappa shape index (κ1) is 18.4. The molecule has 0 aliphatic rings. The zero-order valence-corrected chi connectivity index (χ0v) is 15.8. The van der Waals surface area contributed by atoms with Gasteiger partial charge in [0.2, 0.25) is 0 Å². The van der Waals surface area contributed by atoms with E-state index in [1.807, 2.05) is 32.0 Å². The Morgan fingerprint density at radius 1 is 1.04 bits per heavy atom. The van der Waals surface area contributed by atoms with Crippen LogP contribution in [0.2, 0.25) is 10.0 Å². The van der Waals surface area contributed by atoms with Gasteiger partial charge in [-0.1, -0.05) is 29.3 Å². The number of benzene rings is 2. The third-order valence-corrected chi connectivity index (χ3v) is 4.44. The van der Waals surface area contributed by atoms with Crippen molar-refractivity contribution in [2.24, 2.45) is 0 Å². The van der Waals surface area contributed by atoms with Crippen LogP contribution in [0, 0.1) is 13.8 Å². The van der Waals surface area contributed by atoms with E-state index in [4.69, 9.17) is 32.4 Å². The molecule has 1 N–H and O–H groups in total. The summed E-state index contributed by atoms with van der Waals surface area (Å²) in [5.74, 6) is 0.905. The molecule has 0 aliphatic carbocycles. The molecule has 4 nitrogen and oxygen atoms in total.